The summed E-state index contributed by atoms with van der Waals surface area (Å²) in [6, 6.07) is 17.4. The summed E-state index contributed by atoms with van der Waals surface area (Å²) in [6.45, 7) is 5.97. The van der Waals surface area contributed by atoms with Gasteiger partial charge in [-0.15, -0.1) is 0 Å². The molecule has 2 fully saturated rings. The van der Waals surface area contributed by atoms with Crippen LogP contribution in [0.3, 0.4) is 0 Å². The van der Waals surface area contributed by atoms with Crippen LogP contribution in [-0.4, -0.2) is 147 Å². The summed E-state index contributed by atoms with van der Waals surface area (Å²) < 4.78 is 17.7. The lowest BCUT2D eigenvalue weighted by atomic mass is 10.0. The molecule has 2 saturated heterocycles. The fourth-order valence-corrected chi connectivity index (χ4v) is 9.62. The highest BCUT2D eigenvalue weighted by atomic mass is 79.9. The zero-order valence-corrected chi connectivity index (χ0v) is 43.2. The van der Waals surface area contributed by atoms with Crippen molar-refractivity contribution in [2.24, 2.45) is 0 Å². The van der Waals surface area contributed by atoms with E-state index >= 15 is 0 Å². The molecular formula is C50H72BrN11O8S. The van der Waals surface area contributed by atoms with Crippen LogP contribution >= 0.6 is 27.7 Å². The van der Waals surface area contributed by atoms with E-state index in [-0.39, 0.29) is 41.7 Å². The summed E-state index contributed by atoms with van der Waals surface area (Å²) in [5.41, 5.74) is 2.29. The number of ether oxygens (including phenoxy) is 3. The van der Waals surface area contributed by atoms with E-state index in [4.69, 9.17) is 14.2 Å². The van der Waals surface area contributed by atoms with Crippen LogP contribution in [0.1, 0.15) is 70.6 Å². The predicted molar refractivity (Wildman–Crippen MR) is 282 cm³/mol. The lowest BCUT2D eigenvalue weighted by Crippen LogP contribution is -2.36. The third-order valence-corrected chi connectivity index (χ3v) is 13.4. The number of amides is 6. The van der Waals surface area contributed by atoms with Crippen molar-refractivity contribution in [2.45, 2.75) is 88.0 Å². The summed E-state index contributed by atoms with van der Waals surface area (Å²) in [5.74, 6) is 1.88. The average molecular weight is 1070 g/mol. The number of hydrogen-bond acceptors (Lipinski definition) is 14. The van der Waals surface area contributed by atoms with E-state index in [1.807, 2.05) is 73.4 Å². The number of halogens is 1. The maximum atomic E-state index is 12.6. The number of anilines is 5. The monoisotopic (exact) mass is 1070 g/mol. The van der Waals surface area contributed by atoms with Crippen molar-refractivity contribution < 1.29 is 38.2 Å². The number of thioether (sulfide) groups is 1. The first-order chi connectivity index (χ1) is 34.6. The number of fused-ring (bicyclic) bond motifs is 1. The van der Waals surface area contributed by atoms with Crippen LogP contribution in [0.4, 0.5) is 33.5 Å². The second-order valence-electron chi connectivity index (χ2n) is 17.3. The second kappa shape index (κ2) is 33.4. The molecule has 2 aromatic carbocycles. The molecule has 3 atom stereocenters. The van der Waals surface area contributed by atoms with E-state index in [0.717, 1.165) is 66.7 Å². The van der Waals surface area contributed by atoms with Crippen LogP contribution in [0.15, 0.2) is 77.5 Å². The molecule has 6 amide bonds. The lowest BCUT2D eigenvalue weighted by Gasteiger charge is -2.16. The molecule has 0 saturated carbocycles. The van der Waals surface area contributed by atoms with Crippen molar-refractivity contribution >= 4 is 86.0 Å². The van der Waals surface area contributed by atoms with Gasteiger partial charge >= 0.3 is 6.03 Å². The molecule has 19 nitrogen and oxygen atoms in total. The number of carbonyl (C=O) groups is 5. The van der Waals surface area contributed by atoms with Gasteiger partial charge < -0.3 is 61.6 Å². The summed E-state index contributed by atoms with van der Waals surface area (Å²) in [4.78, 5) is 71.5. The Bertz CT molecular complexity index is 2140. The van der Waals surface area contributed by atoms with Gasteiger partial charge in [-0.05, 0) is 94.9 Å². The van der Waals surface area contributed by atoms with Crippen LogP contribution in [0.2, 0.25) is 0 Å². The Hall–Kier alpha value is -5.32. The molecule has 0 bridgehead atoms. The number of carbonyl (C=O) groups excluding carboxylic acids is 5. The minimum atomic E-state index is -0.231. The van der Waals surface area contributed by atoms with Crippen molar-refractivity contribution in [1.82, 2.24) is 41.5 Å². The third-order valence-electron chi connectivity index (χ3n) is 11.3. The fourth-order valence-electron chi connectivity index (χ4n) is 7.67. The Balaban J connectivity index is 0.747. The van der Waals surface area contributed by atoms with Crippen molar-refractivity contribution in [3.63, 3.8) is 0 Å². The van der Waals surface area contributed by atoms with Gasteiger partial charge in [0.25, 0.3) is 0 Å². The van der Waals surface area contributed by atoms with Crippen molar-refractivity contribution in [3.05, 3.63) is 77.5 Å². The van der Waals surface area contributed by atoms with Crippen LogP contribution in [0.5, 0.6) is 0 Å². The number of rotatable bonds is 36. The molecule has 2 aliphatic heterocycles. The Morgan fingerprint density at radius 3 is 1.97 bits per heavy atom. The predicted octanol–water partition coefficient (Wildman–Crippen LogP) is 6.01. The van der Waals surface area contributed by atoms with E-state index < -0.39 is 0 Å². The first kappa shape index (κ1) is 56.6. The van der Waals surface area contributed by atoms with E-state index in [2.05, 4.69) is 73.3 Å². The molecule has 3 aromatic rings. The lowest BCUT2D eigenvalue weighted by molar-refractivity contribution is -0.123. The number of benzene rings is 2. The molecule has 1 aromatic heterocycles. The van der Waals surface area contributed by atoms with Gasteiger partial charge in [0.15, 0.2) is 0 Å². The van der Waals surface area contributed by atoms with Gasteiger partial charge in [-0.2, -0.15) is 11.8 Å². The van der Waals surface area contributed by atoms with Crippen molar-refractivity contribution in [3.8, 4) is 0 Å². The SMILES string of the molecule is CN(CC=CC(=O)Nc1cccc(Nc2cc(Nc3cccc(Br)c3)ncn2)c1)CCCCNC(=O)CCCC(=O)NCCCOCCOCCOCCCNC(=O)CCCC[C@@H]1SC[C@@H]2NC(=O)N[C@@H]21. The van der Waals surface area contributed by atoms with Gasteiger partial charge in [-0.3, -0.25) is 19.2 Å². The van der Waals surface area contributed by atoms with Crippen LogP contribution < -0.4 is 42.5 Å². The number of nitrogens with zero attached hydrogens (tertiary/aromatic N) is 3. The second-order valence-corrected chi connectivity index (χ2v) is 19.5. The topological polar surface area (TPSA) is 238 Å². The summed E-state index contributed by atoms with van der Waals surface area (Å²) in [7, 11) is 1.98. The van der Waals surface area contributed by atoms with Crippen molar-refractivity contribution in [1.29, 1.82) is 0 Å². The first-order valence-corrected chi connectivity index (χ1v) is 26.5. The van der Waals surface area contributed by atoms with Gasteiger partial charge in [-0.1, -0.05) is 40.6 Å². The highest BCUT2D eigenvalue weighted by Crippen LogP contribution is 2.33. The summed E-state index contributed by atoms with van der Waals surface area (Å²) >= 11 is 5.37. The Morgan fingerprint density at radius 2 is 1.31 bits per heavy atom. The molecule has 71 heavy (non-hydrogen) atoms. The molecule has 0 spiro atoms. The zero-order chi connectivity index (χ0) is 50.3. The number of aromatic nitrogens is 2. The van der Waals surface area contributed by atoms with Crippen LogP contribution in [0.25, 0.3) is 0 Å². The van der Waals surface area contributed by atoms with E-state index in [0.29, 0.717) is 120 Å². The molecule has 0 radical (unpaired) electrons. The molecule has 388 valence electrons. The van der Waals surface area contributed by atoms with E-state index in [1.165, 1.54) is 12.4 Å². The Morgan fingerprint density at radius 1 is 0.718 bits per heavy atom. The number of nitrogens with one attached hydrogen (secondary N) is 8. The smallest absolute Gasteiger partial charge is 0.315 e. The molecule has 0 aliphatic carbocycles. The van der Waals surface area contributed by atoms with Gasteiger partial charge in [0.1, 0.15) is 18.0 Å². The quantitative estimate of drug-likeness (QED) is 0.0189. The standard InChI is InChI=1S/C50H72BrN11O8S/c1-62(25-9-20-48(66)59-40-15-7-14-39(33-40)58-44-34-43(55-36-56-44)57-38-13-6-12-37(51)32-38)24-5-4-21-52-46(64)18-8-19-47(65)54-23-11-27-69-29-31-70-30-28-68-26-10-22-53-45(63)17-3-2-16-42-49-41(35-71-42)60-50(67)61-49/h6-7,9,12-15,20,32-34,36,41-42,49H,2-5,8,10-11,16-19,21-31,35H2,1H3,(H,52,64)(H,53,63)(H,54,65)(H,59,66)(H2,60,61,67)(H2,55,56,57,58)/t41-,42-,49-/m0/s1. The van der Waals surface area contributed by atoms with E-state index in [1.54, 1.807) is 6.07 Å². The normalized spacial score (nSPS) is 16.0. The largest absolute Gasteiger partial charge is 0.379 e. The maximum Gasteiger partial charge on any atom is 0.315 e. The van der Waals surface area contributed by atoms with Crippen LogP contribution in [0, 0.1) is 0 Å². The minimum absolute atomic E-state index is 0.0616. The minimum Gasteiger partial charge on any atom is -0.379 e. The molecule has 5 rings (SSSR count). The molecule has 3 heterocycles. The van der Waals surface area contributed by atoms with Crippen molar-refractivity contribution in [2.75, 3.05) is 101 Å². The third kappa shape index (κ3) is 24.1. The number of likely N-dealkylation sites (N-methyl/N-ethyl adjacent to an activating group) is 1. The highest BCUT2D eigenvalue weighted by molar-refractivity contribution is 9.10. The number of unbranched alkanes of at least 4 members (excludes halogenated alkanes) is 2. The summed E-state index contributed by atoms with van der Waals surface area (Å²) in [6.07, 6.45) is 12.4. The molecule has 2 aliphatic rings. The Kier molecular flexibility index (Phi) is 26.6. The zero-order valence-electron chi connectivity index (χ0n) is 40.8. The average Bonchev–Trinajstić information content (AvgIpc) is 3.90. The maximum absolute atomic E-state index is 12.6. The van der Waals surface area contributed by atoms with Gasteiger partial charge in [0.05, 0.1) is 38.5 Å². The highest BCUT2D eigenvalue weighted by Gasteiger charge is 2.42. The van der Waals surface area contributed by atoms with Gasteiger partial charge in [0.2, 0.25) is 23.6 Å². The first-order valence-electron chi connectivity index (χ1n) is 24.7. The van der Waals surface area contributed by atoms with Gasteiger partial charge in [0, 0.05) is 103 Å². The summed E-state index contributed by atoms with van der Waals surface area (Å²) in [5, 5.41) is 24.6. The molecule has 21 heteroatoms. The van der Waals surface area contributed by atoms with E-state index in [9.17, 15) is 24.0 Å². The van der Waals surface area contributed by atoms with Gasteiger partial charge in [-0.25, -0.2) is 14.8 Å². The molecule has 8 N–H and O–H groups in total. The Labute approximate surface area is 430 Å². The number of urea groups is 1. The molecular weight excluding hydrogens is 995 g/mol. The number of hydrogen-bond donors (Lipinski definition) is 8. The van der Waals surface area contributed by atoms with Crippen LogP contribution in [-0.2, 0) is 33.4 Å². The fraction of sp³-hybridized carbons (Fsp3) is 0.540. The molecule has 0 unspecified atom stereocenters.